The molecule has 1 N–H and O–H groups in total. The molecule has 0 aromatic rings. The van der Waals surface area contributed by atoms with Crippen molar-refractivity contribution >= 4 is 11.8 Å². The molecule has 4 nitrogen and oxygen atoms in total. The van der Waals surface area contributed by atoms with Crippen LogP contribution in [-0.4, -0.2) is 35.8 Å². The van der Waals surface area contributed by atoms with Gasteiger partial charge in [0.15, 0.2) is 0 Å². The average Bonchev–Trinajstić information content (AvgIpc) is 2.42. The van der Waals surface area contributed by atoms with Crippen molar-refractivity contribution in [1.29, 1.82) is 0 Å². The Morgan fingerprint density at radius 3 is 2.86 bits per heavy atom. The third-order valence-electron chi connectivity index (χ3n) is 2.22. The summed E-state index contributed by atoms with van der Waals surface area (Å²) in [5, 5.41) is 2.97. The van der Waals surface area contributed by atoms with Gasteiger partial charge in [-0.1, -0.05) is 0 Å². The summed E-state index contributed by atoms with van der Waals surface area (Å²) in [7, 11) is 0. The zero-order valence-corrected chi connectivity index (χ0v) is 8.25. The first-order valence-corrected chi connectivity index (χ1v) is 4.71. The normalized spacial score (nSPS) is 21.4. The molecule has 0 aliphatic carbocycles. The van der Waals surface area contributed by atoms with Gasteiger partial charge in [0.25, 0.3) is 0 Å². The Bertz CT molecular complexity index is 280. The van der Waals surface area contributed by atoms with Crippen molar-refractivity contribution in [3.8, 4) is 12.3 Å². The summed E-state index contributed by atoms with van der Waals surface area (Å²) in [6, 6.07) is -0.365. The molecule has 1 heterocycles. The number of rotatable bonds is 4. The van der Waals surface area contributed by atoms with Gasteiger partial charge in [-0.3, -0.25) is 14.5 Å². The Balaban J connectivity index is 2.46. The smallest absolute Gasteiger partial charge is 0.246 e. The molecule has 2 amide bonds. The minimum Gasteiger partial charge on any atom is -0.304 e. The van der Waals surface area contributed by atoms with Crippen molar-refractivity contribution in [2.24, 2.45) is 0 Å². The van der Waals surface area contributed by atoms with Gasteiger partial charge in [0.1, 0.15) is 0 Å². The van der Waals surface area contributed by atoms with Crippen LogP contribution in [0.3, 0.4) is 0 Å². The largest absolute Gasteiger partial charge is 0.304 e. The van der Waals surface area contributed by atoms with Crippen LogP contribution in [0.25, 0.3) is 0 Å². The molecule has 0 radical (unpaired) electrons. The molecule has 1 rings (SSSR count). The van der Waals surface area contributed by atoms with Crippen molar-refractivity contribution in [3.63, 3.8) is 0 Å². The molecule has 1 unspecified atom stereocenters. The standard InChI is InChI=1S/C10H14N2O2/c1-3-5-6-11-8-7-9(13)12(4-2)10(8)14/h1,8,11H,4-7H2,2H3. The van der Waals surface area contributed by atoms with Gasteiger partial charge >= 0.3 is 0 Å². The van der Waals surface area contributed by atoms with Crippen LogP contribution < -0.4 is 5.32 Å². The molecular formula is C10H14N2O2. The Kier molecular flexibility index (Phi) is 3.66. The minimum atomic E-state index is -0.365. The highest BCUT2D eigenvalue weighted by atomic mass is 16.2. The van der Waals surface area contributed by atoms with E-state index < -0.39 is 0 Å². The number of terminal acetylenes is 1. The molecule has 1 aliphatic heterocycles. The van der Waals surface area contributed by atoms with Crippen LogP contribution in [0, 0.1) is 12.3 Å². The summed E-state index contributed by atoms with van der Waals surface area (Å²) in [6.07, 6.45) is 5.91. The fourth-order valence-corrected chi connectivity index (χ4v) is 1.49. The molecule has 0 spiro atoms. The first-order chi connectivity index (χ1) is 6.70. The van der Waals surface area contributed by atoms with Crippen molar-refractivity contribution in [2.45, 2.75) is 25.8 Å². The monoisotopic (exact) mass is 194 g/mol. The topological polar surface area (TPSA) is 49.4 Å². The summed E-state index contributed by atoms with van der Waals surface area (Å²) >= 11 is 0. The number of carbonyl (C=O) groups excluding carboxylic acids is 2. The number of likely N-dealkylation sites (tertiary alicyclic amines) is 1. The van der Waals surface area contributed by atoms with Gasteiger partial charge in [0, 0.05) is 19.5 Å². The third kappa shape index (κ3) is 2.12. The second kappa shape index (κ2) is 4.77. The number of hydrogen-bond donors (Lipinski definition) is 1. The molecule has 1 atom stereocenters. The average molecular weight is 194 g/mol. The van der Waals surface area contributed by atoms with Gasteiger partial charge in [0.05, 0.1) is 12.5 Å². The number of likely N-dealkylation sites (N-methyl/N-ethyl adjacent to an activating group) is 1. The van der Waals surface area contributed by atoms with Crippen molar-refractivity contribution in [3.05, 3.63) is 0 Å². The summed E-state index contributed by atoms with van der Waals surface area (Å²) < 4.78 is 0. The van der Waals surface area contributed by atoms with Crippen LogP contribution in [0.4, 0.5) is 0 Å². The maximum atomic E-state index is 11.5. The van der Waals surface area contributed by atoms with Crippen LogP contribution in [0.1, 0.15) is 19.8 Å². The fraction of sp³-hybridized carbons (Fsp3) is 0.600. The molecule has 0 aromatic heterocycles. The minimum absolute atomic E-state index is 0.101. The van der Waals surface area contributed by atoms with Gasteiger partial charge in [-0.2, -0.15) is 0 Å². The van der Waals surface area contributed by atoms with E-state index in [-0.39, 0.29) is 24.3 Å². The van der Waals surface area contributed by atoms with Crippen molar-refractivity contribution < 1.29 is 9.59 Å². The number of carbonyl (C=O) groups is 2. The number of amides is 2. The van der Waals surface area contributed by atoms with Crippen molar-refractivity contribution in [1.82, 2.24) is 10.2 Å². The first-order valence-electron chi connectivity index (χ1n) is 4.71. The molecule has 1 aliphatic rings. The summed E-state index contributed by atoms with van der Waals surface area (Å²) in [5.41, 5.74) is 0. The van der Waals surface area contributed by atoms with Crippen LogP contribution in [0.15, 0.2) is 0 Å². The van der Waals surface area contributed by atoms with Crippen LogP contribution in [-0.2, 0) is 9.59 Å². The van der Waals surface area contributed by atoms with E-state index in [0.29, 0.717) is 19.5 Å². The lowest BCUT2D eigenvalue weighted by atomic mass is 10.2. The predicted molar refractivity (Wildman–Crippen MR) is 52.3 cm³/mol. The van der Waals surface area contributed by atoms with E-state index in [1.807, 2.05) is 0 Å². The Morgan fingerprint density at radius 1 is 1.64 bits per heavy atom. The van der Waals surface area contributed by atoms with E-state index >= 15 is 0 Å². The van der Waals surface area contributed by atoms with E-state index in [1.54, 1.807) is 6.92 Å². The molecule has 0 bridgehead atoms. The molecule has 76 valence electrons. The molecule has 0 aromatic carbocycles. The van der Waals surface area contributed by atoms with E-state index in [9.17, 15) is 9.59 Å². The molecule has 1 fully saturated rings. The highest BCUT2D eigenvalue weighted by molar-refractivity contribution is 6.05. The number of nitrogens with one attached hydrogen (secondary N) is 1. The highest BCUT2D eigenvalue weighted by Gasteiger charge is 2.36. The fourth-order valence-electron chi connectivity index (χ4n) is 1.49. The summed E-state index contributed by atoms with van der Waals surface area (Å²) in [6.45, 7) is 2.82. The van der Waals surface area contributed by atoms with Gasteiger partial charge in [-0.05, 0) is 6.92 Å². The molecule has 14 heavy (non-hydrogen) atoms. The zero-order valence-electron chi connectivity index (χ0n) is 8.25. The second-order valence-electron chi connectivity index (χ2n) is 3.14. The Morgan fingerprint density at radius 2 is 2.36 bits per heavy atom. The van der Waals surface area contributed by atoms with E-state index in [0.717, 1.165) is 0 Å². The zero-order chi connectivity index (χ0) is 10.6. The SMILES string of the molecule is C#CCCNC1CC(=O)N(CC)C1=O. The van der Waals surface area contributed by atoms with Crippen molar-refractivity contribution in [2.75, 3.05) is 13.1 Å². The van der Waals surface area contributed by atoms with Gasteiger partial charge in [0.2, 0.25) is 11.8 Å². The first kappa shape index (κ1) is 10.7. The Labute approximate surface area is 83.6 Å². The molecule has 4 heteroatoms. The lowest BCUT2D eigenvalue weighted by molar-refractivity contribution is -0.138. The summed E-state index contributed by atoms with van der Waals surface area (Å²) in [4.78, 5) is 24.1. The molecule has 1 saturated heterocycles. The quantitative estimate of drug-likeness (QED) is 0.381. The van der Waals surface area contributed by atoms with E-state index in [2.05, 4.69) is 11.2 Å². The third-order valence-corrected chi connectivity index (χ3v) is 2.22. The predicted octanol–water partition coefficient (Wildman–Crippen LogP) is -0.253. The van der Waals surface area contributed by atoms with Gasteiger partial charge in [-0.25, -0.2) is 0 Å². The number of nitrogens with zero attached hydrogens (tertiary/aromatic N) is 1. The van der Waals surface area contributed by atoms with Crippen LogP contribution in [0.2, 0.25) is 0 Å². The van der Waals surface area contributed by atoms with Gasteiger partial charge in [-0.15, -0.1) is 12.3 Å². The number of hydrogen-bond acceptors (Lipinski definition) is 3. The lowest BCUT2D eigenvalue weighted by Gasteiger charge is -2.12. The maximum Gasteiger partial charge on any atom is 0.246 e. The lowest BCUT2D eigenvalue weighted by Crippen LogP contribution is -2.38. The Hall–Kier alpha value is -1.34. The van der Waals surface area contributed by atoms with Crippen LogP contribution >= 0.6 is 0 Å². The second-order valence-corrected chi connectivity index (χ2v) is 3.14. The van der Waals surface area contributed by atoms with E-state index in [4.69, 9.17) is 6.42 Å². The van der Waals surface area contributed by atoms with Gasteiger partial charge < -0.3 is 5.32 Å². The highest BCUT2D eigenvalue weighted by Crippen LogP contribution is 2.11. The van der Waals surface area contributed by atoms with Crippen LogP contribution in [0.5, 0.6) is 0 Å². The molecule has 0 saturated carbocycles. The summed E-state index contributed by atoms with van der Waals surface area (Å²) in [5.74, 6) is 2.24. The van der Waals surface area contributed by atoms with E-state index in [1.165, 1.54) is 4.90 Å². The molecular weight excluding hydrogens is 180 g/mol. The maximum absolute atomic E-state index is 11.5. The number of imide groups is 1.